The summed E-state index contributed by atoms with van der Waals surface area (Å²) < 4.78 is 0. The fourth-order valence-corrected chi connectivity index (χ4v) is 1.31. The zero-order valence-corrected chi connectivity index (χ0v) is 8.22. The van der Waals surface area contributed by atoms with Gasteiger partial charge in [-0.25, -0.2) is 0 Å². The largest absolute Gasteiger partial charge is 0.302 e. The standard InChI is InChI=1S/C12H15N/c1-4-7-13-9-12-6-5-10(2)8-11(12)3/h1,5-6,8,13H,7,9H2,2-3H3. The molecule has 0 aliphatic rings. The van der Waals surface area contributed by atoms with Crippen molar-refractivity contribution in [3.63, 3.8) is 0 Å². The molecule has 1 heteroatoms. The molecular formula is C12H15N. The van der Waals surface area contributed by atoms with Crippen LogP contribution in [0.2, 0.25) is 0 Å². The average Bonchev–Trinajstić information content (AvgIpc) is 2.09. The molecule has 0 radical (unpaired) electrons. The minimum Gasteiger partial charge on any atom is -0.302 e. The molecule has 0 unspecified atom stereocenters. The number of hydrogen-bond acceptors (Lipinski definition) is 1. The maximum Gasteiger partial charge on any atom is 0.0576 e. The van der Waals surface area contributed by atoms with Gasteiger partial charge in [-0.2, -0.15) is 0 Å². The Hall–Kier alpha value is -1.26. The molecule has 0 fully saturated rings. The van der Waals surface area contributed by atoms with Gasteiger partial charge in [0, 0.05) is 6.54 Å². The fourth-order valence-electron chi connectivity index (χ4n) is 1.31. The van der Waals surface area contributed by atoms with Gasteiger partial charge in [0.05, 0.1) is 6.54 Å². The van der Waals surface area contributed by atoms with Crippen LogP contribution in [0.25, 0.3) is 0 Å². The molecule has 0 atom stereocenters. The van der Waals surface area contributed by atoms with E-state index in [1.54, 1.807) is 0 Å². The van der Waals surface area contributed by atoms with Gasteiger partial charge in [-0.05, 0) is 25.0 Å². The monoisotopic (exact) mass is 173 g/mol. The second-order valence-electron chi connectivity index (χ2n) is 3.24. The highest BCUT2D eigenvalue weighted by Crippen LogP contribution is 2.09. The summed E-state index contributed by atoms with van der Waals surface area (Å²) in [4.78, 5) is 0. The second kappa shape index (κ2) is 4.69. The van der Waals surface area contributed by atoms with Gasteiger partial charge in [0.15, 0.2) is 0 Å². The fraction of sp³-hybridized carbons (Fsp3) is 0.333. The average molecular weight is 173 g/mol. The lowest BCUT2D eigenvalue weighted by atomic mass is 10.1. The summed E-state index contributed by atoms with van der Waals surface area (Å²) in [7, 11) is 0. The second-order valence-corrected chi connectivity index (χ2v) is 3.24. The SMILES string of the molecule is C#CCNCc1ccc(C)cc1C. The van der Waals surface area contributed by atoms with Crippen LogP contribution in [0.15, 0.2) is 18.2 Å². The molecule has 0 saturated carbocycles. The maximum atomic E-state index is 5.14. The number of terminal acetylenes is 1. The van der Waals surface area contributed by atoms with Crippen molar-refractivity contribution in [2.24, 2.45) is 0 Å². The Bertz CT molecular complexity index is 320. The zero-order valence-electron chi connectivity index (χ0n) is 8.22. The normalized spacial score (nSPS) is 9.62. The molecule has 0 aliphatic carbocycles. The van der Waals surface area contributed by atoms with E-state index in [2.05, 4.69) is 43.3 Å². The molecule has 1 rings (SSSR count). The van der Waals surface area contributed by atoms with Crippen LogP contribution >= 0.6 is 0 Å². The molecule has 1 N–H and O–H groups in total. The first-order chi connectivity index (χ1) is 6.24. The van der Waals surface area contributed by atoms with E-state index in [9.17, 15) is 0 Å². The van der Waals surface area contributed by atoms with Crippen molar-refractivity contribution >= 4 is 0 Å². The summed E-state index contributed by atoms with van der Waals surface area (Å²) in [5, 5.41) is 3.18. The summed E-state index contributed by atoms with van der Waals surface area (Å²) in [6, 6.07) is 6.46. The molecule has 0 aromatic heterocycles. The first kappa shape index (κ1) is 9.83. The molecule has 0 bridgehead atoms. The zero-order chi connectivity index (χ0) is 9.68. The smallest absolute Gasteiger partial charge is 0.0576 e. The number of nitrogens with one attached hydrogen (secondary N) is 1. The van der Waals surface area contributed by atoms with Gasteiger partial charge >= 0.3 is 0 Å². The molecule has 0 spiro atoms. The van der Waals surface area contributed by atoms with Crippen LogP contribution in [-0.4, -0.2) is 6.54 Å². The van der Waals surface area contributed by atoms with E-state index in [1.807, 2.05) is 0 Å². The Labute approximate surface area is 80.2 Å². The summed E-state index contributed by atoms with van der Waals surface area (Å²) in [6.07, 6.45) is 5.14. The minimum atomic E-state index is 0.632. The van der Waals surface area contributed by atoms with Crippen LogP contribution in [0.3, 0.4) is 0 Å². The highest BCUT2D eigenvalue weighted by molar-refractivity contribution is 5.30. The summed E-state index contributed by atoms with van der Waals surface area (Å²) >= 11 is 0. The van der Waals surface area contributed by atoms with E-state index in [1.165, 1.54) is 16.7 Å². The third-order valence-corrected chi connectivity index (χ3v) is 2.04. The number of rotatable bonds is 3. The van der Waals surface area contributed by atoms with Crippen LogP contribution in [0.4, 0.5) is 0 Å². The molecular weight excluding hydrogens is 158 g/mol. The van der Waals surface area contributed by atoms with Gasteiger partial charge < -0.3 is 5.32 Å². The van der Waals surface area contributed by atoms with E-state index >= 15 is 0 Å². The highest BCUT2D eigenvalue weighted by Gasteiger charge is 1.96. The first-order valence-corrected chi connectivity index (χ1v) is 4.44. The van der Waals surface area contributed by atoms with Gasteiger partial charge in [-0.3, -0.25) is 0 Å². The van der Waals surface area contributed by atoms with Crippen LogP contribution in [0.1, 0.15) is 16.7 Å². The summed E-state index contributed by atoms with van der Waals surface area (Å²) in [5.74, 6) is 2.56. The van der Waals surface area contributed by atoms with Gasteiger partial charge in [0.2, 0.25) is 0 Å². The van der Waals surface area contributed by atoms with E-state index in [0.29, 0.717) is 6.54 Å². The Morgan fingerprint density at radius 2 is 2.15 bits per heavy atom. The van der Waals surface area contributed by atoms with E-state index < -0.39 is 0 Å². The Balaban J connectivity index is 2.62. The molecule has 0 aliphatic heterocycles. The predicted molar refractivity (Wildman–Crippen MR) is 56.5 cm³/mol. The predicted octanol–water partition coefficient (Wildman–Crippen LogP) is 2.03. The molecule has 68 valence electrons. The third-order valence-electron chi connectivity index (χ3n) is 2.04. The number of benzene rings is 1. The lowest BCUT2D eigenvalue weighted by Gasteiger charge is -2.06. The molecule has 0 saturated heterocycles. The minimum absolute atomic E-state index is 0.632. The number of hydrogen-bond donors (Lipinski definition) is 1. The van der Waals surface area contributed by atoms with Crippen LogP contribution in [0, 0.1) is 26.2 Å². The van der Waals surface area contributed by atoms with E-state index in [4.69, 9.17) is 6.42 Å². The van der Waals surface area contributed by atoms with Crippen molar-refractivity contribution in [3.05, 3.63) is 34.9 Å². The quantitative estimate of drug-likeness (QED) is 0.544. The van der Waals surface area contributed by atoms with Gasteiger partial charge in [-0.1, -0.05) is 29.7 Å². The lowest BCUT2D eigenvalue weighted by Crippen LogP contribution is -2.13. The van der Waals surface area contributed by atoms with Crippen LogP contribution < -0.4 is 5.32 Å². The molecule has 0 heterocycles. The summed E-state index contributed by atoms with van der Waals surface area (Å²) in [6.45, 7) is 5.72. The van der Waals surface area contributed by atoms with Crippen molar-refractivity contribution < 1.29 is 0 Å². The Morgan fingerprint density at radius 1 is 1.38 bits per heavy atom. The Kier molecular flexibility index (Phi) is 3.54. The van der Waals surface area contributed by atoms with E-state index in [-0.39, 0.29) is 0 Å². The molecule has 0 amide bonds. The van der Waals surface area contributed by atoms with Crippen molar-refractivity contribution in [1.29, 1.82) is 0 Å². The molecule has 1 aromatic carbocycles. The van der Waals surface area contributed by atoms with Gasteiger partial charge in [-0.15, -0.1) is 6.42 Å². The highest BCUT2D eigenvalue weighted by atomic mass is 14.8. The third kappa shape index (κ3) is 2.93. The molecule has 13 heavy (non-hydrogen) atoms. The lowest BCUT2D eigenvalue weighted by molar-refractivity contribution is 0.765. The van der Waals surface area contributed by atoms with Crippen molar-refractivity contribution in [1.82, 2.24) is 5.32 Å². The Morgan fingerprint density at radius 3 is 2.77 bits per heavy atom. The molecule has 1 aromatic rings. The topological polar surface area (TPSA) is 12.0 Å². The maximum absolute atomic E-state index is 5.14. The van der Waals surface area contributed by atoms with Crippen molar-refractivity contribution in [2.75, 3.05) is 6.54 Å². The first-order valence-electron chi connectivity index (χ1n) is 4.44. The van der Waals surface area contributed by atoms with Crippen LogP contribution in [0.5, 0.6) is 0 Å². The molecule has 1 nitrogen and oxygen atoms in total. The van der Waals surface area contributed by atoms with E-state index in [0.717, 1.165) is 6.54 Å². The van der Waals surface area contributed by atoms with Crippen molar-refractivity contribution in [2.45, 2.75) is 20.4 Å². The van der Waals surface area contributed by atoms with Crippen LogP contribution in [-0.2, 0) is 6.54 Å². The van der Waals surface area contributed by atoms with Crippen molar-refractivity contribution in [3.8, 4) is 12.3 Å². The summed E-state index contributed by atoms with van der Waals surface area (Å²) in [5.41, 5.74) is 3.95. The van der Waals surface area contributed by atoms with Gasteiger partial charge in [0.1, 0.15) is 0 Å². The van der Waals surface area contributed by atoms with Gasteiger partial charge in [0.25, 0.3) is 0 Å². The number of aryl methyl sites for hydroxylation is 2.